The Bertz CT molecular complexity index is 1460. The molecule has 2 heterocycles. The maximum atomic E-state index is 13.6. The Labute approximate surface area is 211 Å². The van der Waals surface area contributed by atoms with Crippen molar-refractivity contribution in [2.45, 2.75) is 31.9 Å². The molecule has 1 aliphatic rings. The van der Waals surface area contributed by atoms with E-state index in [4.69, 9.17) is 0 Å². The van der Waals surface area contributed by atoms with Gasteiger partial charge in [-0.05, 0) is 79.3 Å². The van der Waals surface area contributed by atoms with Gasteiger partial charge in [-0.3, -0.25) is 9.78 Å². The molecule has 0 saturated carbocycles. The Kier molecular flexibility index (Phi) is 6.35. The van der Waals surface area contributed by atoms with Gasteiger partial charge in [0.1, 0.15) is 11.6 Å². The minimum absolute atomic E-state index is 0.0309. The van der Waals surface area contributed by atoms with Gasteiger partial charge in [-0.1, -0.05) is 24.3 Å². The number of Topliss-reactive ketones (excluding diaryl/α,β-unsaturated/α-hetero) is 1. The molecule has 0 spiro atoms. The van der Waals surface area contributed by atoms with E-state index in [2.05, 4.69) is 9.88 Å². The number of carbonyl (C=O) groups is 1. The lowest BCUT2D eigenvalue weighted by Crippen LogP contribution is -2.32. The number of benzene rings is 3. The van der Waals surface area contributed by atoms with Crippen LogP contribution < -0.4 is 4.90 Å². The summed E-state index contributed by atoms with van der Waals surface area (Å²) in [5.74, 6) is -1.94. The van der Waals surface area contributed by atoms with Crippen LogP contribution in [0.5, 0.6) is 5.75 Å². The van der Waals surface area contributed by atoms with E-state index in [0.717, 1.165) is 49.3 Å². The van der Waals surface area contributed by atoms with Gasteiger partial charge in [-0.15, -0.1) is 0 Å². The number of nitrogens with zero attached hydrogens (tertiary/aromatic N) is 2. The predicted octanol–water partition coefficient (Wildman–Crippen LogP) is 7.18. The summed E-state index contributed by atoms with van der Waals surface area (Å²) in [6.45, 7) is 2.85. The van der Waals surface area contributed by atoms with Crippen molar-refractivity contribution in [2.75, 3.05) is 18.0 Å². The van der Waals surface area contributed by atoms with Gasteiger partial charge >= 0.3 is 6.18 Å². The van der Waals surface area contributed by atoms with Crippen LogP contribution in [0.2, 0.25) is 0 Å². The number of halogens is 4. The van der Waals surface area contributed by atoms with Crippen molar-refractivity contribution < 1.29 is 27.5 Å². The number of phenolic OH excluding ortho intramolecular Hbond substituents is 1. The number of hydrogen-bond acceptors (Lipinski definition) is 4. The van der Waals surface area contributed by atoms with Crippen LogP contribution in [0, 0.1) is 12.7 Å². The van der Waals surface area contributed by atoms with Crippen LogP contribution in [0.15, 0.2) is 66.7 Å². The van der Waals surface area contributed by atoms with E-state index in [9.17, 15) is 27.5 Å². The van der Waals surface area contributed by atoms with Crippen LogP contribution in [0.3, 0.4) is 0 Å². The van der Waals surface area contributed by atoms with Gasteiger partial charge in [-0.25, -0.2) is 4.39 Å². The van der Waals surface area contributed by atoms with Gasteiger partial charge in [0.25, 0.3) is 5.78 Å². The first-order valence-electron chi connectivity index (χ1n) is 12.0. The summed E-state index contributed by atoms with van der Waals surface area (Å²) in [5.41, 5.74) is 2.30. The fraction of sp³-hybridized carbons (Fsp3) is 0.241. The molecule has 4 aromatic rings. The van der Waals surface area contributed by atoms with Crippen molar-refractivity contribution in [3.63, 3.8) is 0 Å². The summed E-state index contributed by atoms with van der Waals surface area (Å²) in [6.07, 6.45) is -3.34. The molecule has 1 aliphatic heterocycles. The smallest absolute Gasteiger partial charge is 0.454 e. The summed E-state index contributed by atoms with van der Waals surface area (Å²) >= 11 is 0. The molecule has 1 fully saturated rings. The SMILES string of the molecule is Cc1nc2ccc(N3CCC(c4ccc(O)cc4)CC3)cc2c(-c2ccc(F)cc2)c1C(=O)C(F)(F)F. The number of aromatic hydroxyl groups is 1. The molecule has 5 rings (SSSR count). The van der Waals surface area contributed by atoms with E-state index in [1.807, 2.05) is 18.2 Å². The number of piperidine rings is 1. The standard InChI is InChI=1S/C29H24F4N2O2/c1-17-26(28(37)29(31,32)33)27(20-2-6-21(30)7-3-20)24-16-22(8-11-25(24)34-17)35-14-12-19(13-15-35)18-4-9-23(36)10-5-18/h2-11,16,19,36H,12-15H2,1H3. The number of hydrogen-bond donors (Lipinski definition) is 1. The van der Waals surface area contributed by atoms with Crippen LogP contribution in [0.25, 0.3) is 22.0 Å². The van der Waals surface area contributed by atoms with Crippen molar-refractivity contribution >= 4 is 22.4 Å². The molecule has 0 amide bonds. The second-order valence-corrected chi connectivity index (χ2v) is 9.34. The number of alkyl halides is 3. The summed E-state index contributed by atoms with van der Waals surface area (Å²) < 4.78 is 54.4. The third-order valence-corrected chi connectivity index (χ3v) is 6.99. The molecule has 37 heavy (non-hydrogen) atoms. The van der Waals surface area contributed by atoms with E-state index in [-0.39, 0.29) is 17.0 Å². The van der Waals surface area contributed by atoms with Crippen molar-refractivity contribution in [2.24, 2.45) is 0 Å². The van der Waals surface area contributed by atoms with Gasteiger partial charge in [-0.2, -0.15) is 13.2 Å². The molecule has 0 radical (unpaired) electrons. The van der Waals surface area contributed by atoms with E-state index >= 15 is 0 Å². The van der Waals surface area contributed by atoms with E-state index in [1.165, 1.54) is 19.1 Å². The van der Waals surface area contributed by atoms with Gasteiger partial charge in [0, 0.05) is 35.4 Å². The lowest BCUT2D eigenvalue weighted by atomic mass is 9.89. The van der Waals surface area contributed by atoms with Gasteiger partial charge in [0.2, 0.25) is 0 Å². The number of rotatable bonds is 4. The van der Waals surface area contributed by atoms with E-state index < -0.39 is 23.3 Å². The fourth-order valence-corrected chi connectivity index (χ4v) is 5.12. The molecular weight excluding hydrogens is 484 g/mol. The maximum absolute atomic E-state index is 13.6. The zero-order valence-corrected chi connectivity index (χ0v) is 20.0. The molecule has 0 atom stereocenters. The average molecular weight is 509 g/mol. The molecule has 0 aliphatic carbocycles. The van der Waals surface area contributed by atoms with Crippen LogP contribution in [-0.2, 0) is 0 Å². The third kappa shape index (κ3) is 4.88. The highest BCUT2D eigenvalue weighted by Crippen LogP contribution is 2.39. The maximum Gasteiger partial charge on any atom is 0.454 e. The van der Waals surface area contributed by atoms with Crippen molar-refractivity contribution in [1.29, 1.82) is 0 Å². The normalized spacial score (nSPS) is 14.8. The number of pyridine rings is 1. The van der Waals surface area contributed by atoms with Crippen LogP contribution in [-0.4, -0.2) is 35.1 Å². The lowest BCUT2D eigenvalue weighted by molar-refractivity contribution is -0.0885. The number of phenols is 1. The minimum Gasteiger partial charge on any atom is -0.508 e. The van der Waals surface area contributed by atoms with Gasteiger partial charge in [0.05, 0.1) is 11.1 Å². The number of aromatic nitrogens is 1. The van der Waals surface area contributed by atoms with Gasteiger partial charge in [0.15, 0.2) is 0 Å². The number of anilines is 1. The van der Waals surface area contributed by atoms with Gasteiger partial charge < -0.3 is 10.0 Å². The number of ketones is 1. The zero-order chi connectivity index (χ0) is 26.3. The number of fused-ring (bicyclic) bond motifs is 1. The largest absolute Gasteiger partial charge is 0.508 e. The zero-order valence-electron chi connectivity index (χ0n) is 20.0. The third-order valence-electron chi connectivity index (χ3n) is 6.99. The van der Waals surface area contributed by atoms with Crippen molar-refractivity contribution in [3.05, 3.63) is 89.4 Å². The minimum atomic E-state index is -5.08. The van der Waals surface area contributed by atoms with Crippen LogP contribution >= 0.6 is 0 Å². The lowest BCUT2D eigenvalue weighted by Gasteiger charge is -2.34. The first-order valence-corrected chi connectivity index (χ1v) is 12.0. The predicted molar refractivity (Wildman–Crippen MR) is 135 cm³/mol. The first kappa shape index (κ1) is 24.7. The number of carbonyl (C=O) groups excluding carboxylic acids is 1. The molecule has 0 bridgehead atoms. The second kappa shape index (κ2) is 9.50. The Hall–Kier alpha value is -3.94. The van der Waals surface area contributed by atoms with E-state index in [0.29, 0.717) is 22.4 Å². The van der Waals surface area contributed by atoms with Crippen molar-refractivity contribution in [1.82, 2.24) is 4.98 Å². The highest BCUT2D eigenvalue weighted by Gasteiger charge is 2.42. The average Bonchev–Trinajstić information content (AvgIpc) is 2.88. The first-order chi connectivity index (χ1) is 17.6. The molecular formula is C29H24F4N2O2. The molecule has 3 aromatic carbocycles. The topological polar surface area (TPSA) is 53.4 Å². The molecule has 0 unspecified atom stereocenters. The van der Waals surface area contributed by atoms with E-state index in [1.54, 1.807) is 24.3 Å². The Morgan fingerprint density at radius 2 is 1.62 bits per heavy atom. The van der Waals surface area contributed by atoms with Crippen LogP contribution in [0.4, 0.5) is 23.2 Å². The molecule has 1 aromatic heterocycles. The Morgan fingerprint density at radius 3 is 2.24 bits per heavy atom. The molecule has 8 heteroatoms. The molecule has 1 saturated heterocycles. The summed E-state index contributed by atoms with van der Waals surface area (Å²) in [4.78, 5) is 19.0. The fourth-order valence-electron chi connectivity index (χ4n) is 5.12. The summed E-state index contributed by atoms with van der Waals surface area (Å²) in [7, 11) is 0. The van der Waals surface area contributed by atoms with Crippen molar-refractivity contribution in [3.8, 4) is 16.9 Å². The Morgan fingerprint density at radius 1 is 0.973 bits per heavy atom. The number of aryl methyl sites for hydroxylation is 1. The molecule has 1 N–H and O–H groups in total. The molecule has 4 nitrogen and oxygen atoms in total. The quantitative estimate of drug-likeness (QED) is 0.234. The summed E-state index contributed by atoms with van der Waals surface area (Å²) in [5, 5.41) is 9.96. The summed E-state index contributed by atoms with van der Waals surface area (Å²) in [6, 6.07) is 17.7. The highest BCUT2D eigenvalue weighted by atomic mass is 19.4. The Balaban J connectivity index is 1.56. The molecule has 190 valence electrons. The highest BCUT2D eigenvalue weighted by molar-refractivity contribution is 6.13. The van der Waals surface area contributed by atoms with Crippen LogP contribution in [0.1, 0.15) is 40.4 Å². The monoisotopic (exact) mass is 508 g/mol. The second-order valence-electron chi connectivity index (χ2n) is 9.34.